The van der Waals surface area contributed by atoms with Crippen molar-refractivity contribution in [1.29, 1.82) is 0 Å². The highest BCUT2D eigenvalue weighted by Gasteiger charge is 2.33. The number of carboxylic acids is 1. The van der Waals surface area contributed by atoms with E-state index in [1.54, 1.807) is 24.3 Å². The minimum Gasteiger partial charge on any atom is -0.481 e. The van der Waals surface area contributed by atoms with Crippen LogP contribution in [-0.2, 0) is 15.0 Å². The van der Waals surface area contributed by atoms with Gasteiger partial charge in [0.05, 0.1) is 11.6 Å². The number of para-hydroxylation sites is 1. The molecule has 1 N–H and O–H groups in total. The molecule has 0 bridgehead atoms. The Balaban J connectivity index is 2.10. The first-order chi connectivity index (χ1) is 9.43. The molecule has 2 rings (SSSR count). The lowest BCUT2D eigenvalue weighted by atomic mass is 9.99. The van der Waals surface area contributed by atoms with E-state index in [4.69, 9.17) is 5.11 Å². The quantitative estimate of drug-likeness (QED) is 0.905. The van der Waals surface area contributed by atoms with Gasteiger partial charge >= 0.3 is 16.2 Å². The molecule has 1 aliphatic heterocycles. The molecule has 0 aliphatic carbocycles. The summed E-state index contributed by atoms with van der Waals surface area (Å²) in [6, 6.07) is 8.82. The zero-order chi connectivity index (χ0) is 14.8. The molecule has 6 nitrogen and oxygen atoms in total. The first-order valence-electron chi connectivity index (χ1n) is 6.45. The van der Waals surface area contributed by atoms with Gasteiger partial charge in [0.25, 0.3) is 0 Å². The van der Waals surface area contributed by atoms with Crippen LogP contribution in [0.2, 0.25) is 0 Å². The van der Waals surface area contributed by atoms with Gasteiger partial charge in [0, 0.05) is 20.1 Å². The van der Waals surface area contributed by atoms with Crippen molar-refractivity contribution in [2.24, 2.45) is 5.92 Å². The molecule has 0 aromatic heterocycles. The van der Waals surface area contributed by atoms with Gasteiger partial charge in [-0.25, -0.2) is 0 Å². The molecule has 1 fully saturated rings. The fraction of sp³-hybridized carbons (Fsp3) is 0.462. The van der Waals surface area contributed by atoms with Crippen molar-refractivity contribution in [2.75, 3.05) is 24.4 Å². The maximum absolute atomic E-state index is 12.5. The molecule has 1 saturated heterocycles. The summed E-state index contributed by atoms with van der Waals surface area (Å²) < 4.78 is 27.5. The summed E-state index contributed by atoms with van der Waals surface area (Å²) >= 11 is 0. The van der Waals surface area contributed by atoms with Crippen molar-refractivity contribution in [2.45, 2.75) is 12.8 Å². The number of benzene rings is 1. The monoisotopic (exact) mass is 298 g/mol. The van der Waals surface area contributed by atoms with Crippen molar-refractivity contribution in [3.8, 4) is 0 Å². The molecule has 0 radical (unpaired) electrons. The third-order valence-electron chi connectivity index (χ3n) is 3.60. The van der Waals surface area contributed by atoms with Gasteiger partial charge in [0.2, 0.25) is 0 Å². The van der Waals surface area contributed by atoms with Crippen LogP contribution < -0.4 is 4.31 Å². The summed E-state index contributed by atoms with van der Waals surface area (Å²) in [5.41, 5.74) is 0.591. The lowest BCUT2D eigenvalue weighted by Crippen LogP contribution is -2.46. The summed E-state index contributed by atoms with van der Waals surface area (Å²) in [5.74, 6) is -1.29. The molecular weight excluding hydrogens is 280 g/mol. The maximum atomic E-state index is 12.5. The van der Waals surface area contributed by atoms with Crippen molar-refractivity contribution in [1.82, 2.24) is 4.31 Å². The van der Waals surface area contributed by atoms with Crippen LogP contribution in [0.15, 0.2) is 30.3 Å². The van der Waals surface area contributed by atoms with Crippen LogP contribution in [-0.4, -0.2) is 43.9 Å². The van der Waals surface area contributed by atoms with Gasteiger partial charge in [-0.1, -0.05) is 18.2 Å². The average molecular weight is 298 g/mol. The number of carbonyl (C=O) groups is 1. The number of hydrogen-bond donors (Lipinski definition) is 1. The van der Waals surface area contributed by atoms with Gasteiger partial charge in [-0.2, -0.15) is 12.7 Å². The third-order valence-corrected chi connectivity index (χ3v) is 5.52. The highest BCUT2D eigenvalue weighted by molar-refractivity contribution is 7.90. The van der Waals surface area contributed by atoms with Crippen LogP contribution in [0.1, 0.15) is 12.8 Å². The first kappa shape index (κ1) is 14.8. The fourth-order valence-corrected chi connectivity index (χ4v) is 3.68. The largest absolute Gasteiger partial charge is 0.481 e. The minimum atomic E-state index is -3.59. The Bertz CT molecular complexity index is 565. The van der Waals surface area contributed by atoms with E-state index in [1.807, 2.05) is 6.07 Å². The van der Waals surface area contributed by atoms with E-state index in [0.29, 0.717) is 18.5 Å². The van der Waals surface area contributed by atoms with E-state index in [1.165, 1.54) is 15.7 Å². The summed E-state index contributed by atoms with van der Waals surface area (Å²) in [4.78, 5) is 10.9. The topological polar surface area (TPSA) is 77.9 Å². The van der Waals surface area contributed by atoms with Crippen molar-refractivity contribution in [3.63, 3.8) is 0 Å². The first-order valence-corrected chi connectivity index (χ1v) is 7.84. The second-order valence-corrected chi connectivity index (χ2v) is 6.78. The molecule has 1 aromatic rings. The maximum Gasteiger partial charge on any atom is 0.306 e. The molecule has 0 amide bonds. The number of hydrogen-bond acceptors (Lipinski definition) is 3. The molecule has 110 valence electrons. The molecule has 0 spiro atoms. The number of carboxylic acid groups (broad SMARTS) is 1. The van der Waals surface area contributed by atoms with E-state index < -0.39 is 22.1 Å². The van der Waals surface area contributed by atoms with E-state index in [9.17, 15) is 13.2 Å². The van der Waals surface area contributed by atoms with Gasteiger partial charge in [-0.15, -0.1) is 0 Å². The molecule has 0 unspecified atom stereocenters. The zero-order valence-corrected chi connectivity index (χ0v) is 12.1. The van der Waals surface area contributed by atoms with Crippen LogP contribution in [0.25, 0.3) is 0 Å². The van der Waals surface area contributed by atoms with Gasteiger partial charge in [0.1, 0.15) is 0 Å². The Morgan fingerprint density at radius 1 is 1.25 bits per heavy atom. The number of nitrogens with zero attached hydrogens (tertiary/aromatic N) is 2. The molecule has 20 heavy (non-hydrogen) atoms. The van der Waals surface area contributed by atoms with Crippen LogP contribution in [0.5, 0.6) is 0 Å². The highest BCUT2D eigenvalue weighted by Crippen LogP contribution is 2.24. The molecule has 7 heteroatoms. The van der Waals surface area contributed by atoms with E-state index in [0.717, 1.165) is 0 Å². The molecule has 0 atom stereocenters. The van der Waals surface area contributed by atoms with Crippen LogP contribution in [0.4, 0.5) is 5.69 Å². The number of aliphatic carboxylic acids is 1. The van der Waals surface area contributed by atoms with Crippen LogP contribution in [0, 0.1) is 5.92 Å². The molecule has 0 saturated carbocycles. The normalized spacial score (nSPS) is 17.9. The standard InChI is InChI=1S/C13H18N2O4S/c1-14(12-5-3-2-4-6-12)20(18,19)15-9-7-11(8-10-15)13(16)17/h2-6,11H,7-10H2,1H3,(H,16,17). The van der Waals surface area contributed by atoms with Crippen molar-refractivity contribution >= 4 is 21.9 Å². The summed E-state index contributed by atoms with van der Waals surface area (Å²) in [7, 11) is -2.08. The van der Waals surface area contributed by atoms with Gasteiger partial charge in [-0.3, -0.25) is 9.10 Å². The Kier molecular flexibility index (Phi) is 4.29. The van der Waals surface area contributed by atoms with Crippen LogP contribution in [0.3, 0.4) is 0 Å². The average Bonchev–Trinajstić information content (AvgIpc) is 2.47. The summed E-state index contributed by atoms with van der Waals surface area (Å²) in [6.45, 7) is 0.493. The smallest absolute Gasteiger partial charge is 0.306 e. The Hall–Kier alpha value is -1.60. The van der Waals surface area contributed by atoms with Gasteiger partial charge in [0.15, 0.2) is 0 Å². The molecule has 1 heterocycles. The van der Waals surface area contributed by atoms with Gasteiger partial charge in [-0.05, 0) is 25.0 Å². The summed E-state index contributed by atoms with van der Waals surface area (Å²) in [6.07, 6.45) is 0.717. The predicted octanol–water partition coefficient (Wildman–Crippen LogP) is 1.16. The Labute approximate surface area is 118 Å². The highest BCUT2D eigenvalue weighted by atomic mass is 32.2. The number of piperidine rings is 1. The number of rotatable bonds is 4. The lowest BCUT2D eigenvalue weighted by molar-refractivity contribution is -0.142. The minimum absolute atomic E-state index is 0.247. The molecular formula is C13H18N2O4S. The second-order valence-electron chi connectivity index (χ2n) is 4.82. The Morgan fingerprint density at radius 2 is 1.80 bits per heavy atom. The third kappa shape index (κ3) is 2.94. The van der Waals surface area contributed by atoms with Crippen molar-refractivity contribution < 1.29 is 18.3 Å². The lowest BCUT2D eigenvalue weighted by Gasteiger charge is -2.33. The number of anilines is 1. The SMILES string of the molecule is CN(c1ccccc1)S(=O)(=O)N1CCC(C(=O)O)CC1. The van der Waals surface area contributed by atoms with E-state index >= 15 is 0 Å². The Morgan fingerprint density at radius 3 is 2.30 bits per heavy atom. The van der Waals surface area contributed by atoms with Crippen LogP contribution >= 0.6 is 0 Å². The van der Waals surface area contributed by atoms with Gasteiger partial charge < -0.3 is 5.11 Å². The molecule has 1 aliphatic rings. The fourth-order valence-electron chi connectivity index (χ4n) is 2.28. The molecule has 1 aromatic carbocycles. The van der Waals surface area contributed by atoms with Crippen molar-refractivity contribution in [3.05, 3.63) is 30.3 Å². The van der Waals surface area contributed by atoms with E-state index in [-0.39, 0.29) is 13.1 Å². The zero-order valence-electron chi connectivity index (χ0n) is 11.3. The predicted molar refractivity (Wildman–Crippen MR) is 75.7 cm³/mol. The summed E-state index contributed by atoms with van der Waals surface area (Å²) in [5, 5.41) is 8.94. The second kappa shape index (κ2) is 5.80. The van der Waals surface area contributed by atoms with E-state index in [2.05, 4.69) is 0 Å².